The van der Waals surface area contributed by atoms with Gasteiger partial charge in [-0.25, -0.2) is 4.99 Å². The van der Waals surface area contributed by atoms with Crippen LogP contribution in [-0.2, 0) is 4.79 Å². The van der Waals surface area contributed by atoms with Crippen LogP contribution in [0.5, 0.6) is 5.75 Å². The van der Waals surface area contributed by atoms with Crippen molar-refractivity contribution in [1.29, 1.82) is 0 Å². The number of phenolic OH excluding ortho intramolecular Hbond substituents is 1. The topological polar surface area (TPSA) is 69.9 Å². The van der Waals surface area contributed by atoms with Gasteiger partial charge in [-0.05, 0) is 25.1 Å². The van der Waals surface area contributed by atoms with Crippen molar-refractivity contribution < 1.29 is 15.0 Å². The number of fused-ring (bicyclic) bond motifs is 1. The van der Waals surface area contributed by atoms with Crippen molar-refractivity contribution in [3.63, 3.8) is 0 Å². The van der Waals surface area contributed by atoms with Crippen LogP contribution in [0.1, 0.15) is 16.7 Å². The van der Waals surface area contributed by atoms with Crippen molar-refractivity contribution in [3.8, 4) is 5.75 Å². The second-order valence-corrected chi connectivity index (χ2v) is 4.89. The second-order valence-electron chi connectivity index (χ2n) is 4.89. The highest BCUT2D eigenvalue weighted by molar-refractivity contribution is 6.53. The summed E-state index contributed by atoms with van der Waals surface area (Å²) in [6, 6.07) is 12.1. The van der Waals surface area contributed by atoms with Gasteiger partial charge in [-0.15, -0.1) is 0 Å². The van der Waals surface area contributed by atoms with Gasteiger partial charge >= 0.3 is 0 Å². The molecule has 3 rings (SSSR count). The second kappa shape index (κ2) is 4.90. The summed E-state index contributed by atoms with van der Waals surface area (Å²) in [6.07, 6.45) is 1.12. The van der Waals surface area contributed by atoms with Gasteiger partial charge in [-0.2, -0.15) is 0 Å². The number of carbonyl (C=O) groups is 1. The molecule has 2 N–H and O–H groups in total. The van der Waals surface area contributed by atoms with Crippen LogP contribution in [-0.4, -0.2) is 21.7 Å². The van der Waals surface area contributed by atoms with E-state index < -0.39 is 5.78 Å². The molecule has 0 aromatic heterocycles. The lowest BCUT2D eigenvalue weighted by molar-refractivity contribution is -0.108. The van der Waals surface area contributed by atoms with Crippen LogP contribution in [0.2, 0.25) is 0 Å². The highest BCUT2D eigenvalue weighted by Gasteiger charge is 2.26. The van der Waals surface area contributed by atoms with E-state index in [-0.39, 0.29) is 22.8 Å². The van der Waals surface area contributed by atoms with Gasteiger partial charge < -0.3 is 10.2 Å². The number of aliphatic hydroxyl groups is 1. The van der Waals surface area contributed by atoms with Crippen molar-refractivity contribution >= 4 is 22.9 Å². The number of ketones is 1. The Kier molecular flexibility index (Phi) is 3.06. The molecular weight excluding hydrogens is 266 g/mol. The molecule has 1 aliphatic rings. The number of carbonyl (C=O) groups excluding carboxylic acids is 1. The number of aromatic hydroxyl groups is 1. The first-order valence-electron chi connectivity index (χ1n) is 6.49. The van der Waals surface area contributed by atoms with Gasteiger partial charge in [0.15, 0.2) is 0 Å². The van der Waals surface area contributed by atoms with Gasteiger partial charge in [0, 0.05) is 11.6 Å². The molecule has 4 nitrogen and oxygen atoms in total. The molecule has 0 unspecified atom stereocenters. The zero-order chi connectivity index (χ0) is 15.0. The summed E-state index contributed by atoms with van der Waals surface area (Å²) in [6.45, 7) is 1.96. The predicted octanol–water partition coefficient (Wildman–Crippen LogP) is 3.30. The summed E-state index contributed by atoms with van der Waals surface area (Å²) in [4.78, 5) is 16.4. The fraction of sp³-hybridized carbons (Fsp3) is 0.0588. The molecule has 2 aromatic rings. The molecule has 0 fully saturated rings. The van der Waals surface area contributed by atoms with Crippen LogP contribution in [0.15, 0.2) is 53.5 Å². The average molecular weight is 279 g/mol. The first-order valence-corrected chi connectivity index (χ1v) is 6.49. The molecule has 0 atom stereocenters. The Morgan fingerprint density at radius 3 is 2.43 bits per heavy atom. The molecule has 0 saturated heterocycles. The van der Waals surface area contributed by atoms with E-state index >= 15 is 0 Å². The summed E-state index contributed by atoms with van der Waals surface area (Å²) in [5.74, 6) is -0.665. The lowest BCUT2D eigenvalue weighted by Crippen LogP contribution is -2.19. The van der Waals surface area contributed by atoms with Crippen molar-refractivity contribution in [3.05, 3.63) is 65.2 Å². The van der Waals surface area contributed by atoms with Crippen LogP contribution in [0.25, 0.3) is 5.76 Å². The Hall–Kier alpha value is -2.88. The summed E-state index contributed by atoms with van der Waals surface area (Å²) in [7, 11) is 0. The number of hydrogen-bond donors (Lipinski definition) is 2. The molecular formula is C17H13NO3. The average Bonchev–Trinajstić information content (AvgIpc) is 2.46. The number of aliphatic imine (C=N–C) groups is 1. The molecule has 0 radical (unpaired) electrons. The van der Waals surface area contributed by atoms with Gasteiger partial charge in [-0.1, -0.05) is 29.8 Å². The lowest BCUT2D eigenvalue weighted by atomic mass is 9.92. The number of aliphatic hydroxyl groups excluding tert-OH is 1. The number of nitrogens with zero attached hydrogens (tertiary/aromatic N) is 1. The summed E-state index contributed by atoms with van der Waals surface area (Å²) >= 11 is 0. The number of benzene rings is 2. The Morgan fingerprint density at radius 2 is 1.71 bits per heavy atom. The fourth-order valence-electron chi connectivity index (χ4n) is 2.26. The number of rotatable bonds is 1. The smallest absolute Gasteiger partial charge is 0.208 e. The molecule has 0 heterocycles. The highest BCUT2D eigenvalue weighted by atomic mass is 16.3. The molecule has 0 spiro atoms. The Bertz CT molecular complexity index is 786. The standard InChI is InChI=1S/C17H13NO3/c1-10-5-7-11(8-6-10)18-17-15(21)9-14(20)12-3-2-4-13(19)16(12)17/h2-9,19-20H,1H3. The van der Waals surface area contributed by atoms with E-state index in [1.54, 1.807) is 24.3 Å². The molecule has 0 bridgehead atoms. The van der Waals surface area contributed by atoms with Gasteiger partial charge in [0.1, 0.15) is 17.2 Å². The van der Waals surface area contributed by atoms with Crippen molar-refractivity contribution in [2.24, 2.45) is 4.99 Å². The Labute approximate surface area is 121 Å². The maximum Gasteiger partial charge on any atom is 0.208 e. The zero-order valence-electron chi connectivity index (χ0n) is 11.4. The van der Waals surface area contributed by atoms with Crippen molar-refractivity contribution in [2.75, 3.05) is 0 Å². The maximum absolute atomic E-state index is 12.1. The third kappa shape index (κ3) is 2.31. The third-order valence-corrected chi connectivity index (χ3v) is 3.33. The third-order valence-electron chi connectivity index (χ3n) is 3.33. The van der Waals surface area contributed by atoms with E-state index in [0.29, 0.717) is 11.3 Å². The molecule has 0 saturated carbocycles. The largest absolute Gasteiger partial charge is 0.507 e. The maximum atomic E-state index is 12.1. The number of aryl methyl sites for hydroxylation is 1. The number of phenols is 1. The van der Waals surface area contributed by atoms with Gasteiger partial charge in [-0.3, -0.25) is 4.79 Å². The molecule has 0 aliphatic heterocycles. The minimum Gasteiger partial charge on any atom is -0.507 e. The van der Waals surface area contributed by atoms with Crippen molar-refractivity contribution in [2.45, 2.75) is 6.92 Å². The van der Waals surface area contributed by atoms with Crippen LogP contribution in [0.4, 0.5) is 5.69 Å². The lowest BCUT2D eigenvalue weighted by Gasteiger charge is -2.16. The molecule has 2 aromatic carbocycles. The molecule has 1 aliphatic carbocycles. The zero-order valence-corrected chi connectivity index (χ0v) is 11.4. The first-order chi connectivity index (χ1) is 10.1. The molecule has 104 valence electrons. The SMILES string of the molecule is Cc1ccc(N=C2C(=O)C=C(O)c3cccc(O)c32)cc1. The highest BCUT2D eigenvalue weighted by Crippen LogP contribution is 2.31. The van der Waals surface area contributed by atoms with E-state index in [2.05, 4.69) is 4.99 Å². The van der Waals surface area contributed by atoms with E-state index in [1.165, 1.54) is 6.07 Å². The summed E-state index contributed by atoms with van der Waals surface area (Å²) in [5, 5.41) is 19.9. The van der Waals surface area contributed by atoms with Crippen LogP contribution in [0.3, 0.4) is 0 Å². The fourth-order valence-corrected chi connectivity index (χ4v) is 2.26. The van der Waals surface area contributed by atoms with E-state index in [1.807, 2.05) is 19.1 Å². The normalized spacial score (nSPS) is 15.8. The van der Waals surface area contributed by atoms with E-state index in [9.17, 15) is 15.0 Å². The monoisotopic (exact) mass is 279 g/mol. The van der Waals surface area contributed by atoms with E-state index in [0.717, 1.165) is 11.6 Å². The van der Waals surface area contributed by atoms with Crippen LogP contribution in [0, 0.1) is 6.92 Å². The van der Waals surface area contributed by atoms with Crippen LogP contribution < -0.4 is 0 Å². The quantitative estimate of drug-likeness (QED) is 0.841. The van der Waals surface area contributed by atoms with Gasteiger partial charge in [0.25, 0.3) is 0 Å². The Balaban J connectivity index is 2.20. The minimum absolute atomic E-state index is 0.0774. The van der Waals surface area contributed by atoms with Crippen molar-refractivity contribution in [1.82, 2.24) is 0 Å². The number of hydrogen-bond acceptors (Lipinski definition) is 4. The Morgan fingerprint density at radius 1 is 1.00 bits per heavy atom. The van der Waals surface area contributed by atoms with Gasteiger partial charge in [0.05, 0.1) is 11.3 Å². The molecule has 21 heavy (non-hydrogen) atoms. The predicted molar refractivity (Wildman–Crippen MR) is 81.1 cm³/mol. The molecule has 0 amide bonds. The first kappa shape index (κ1) is 13.1. The minimum atomic E-state index is -0.429. The number of allylic oxidation sites excluding steroid dienone is 1. The summed E-state index contributed by atoms with van der Waals surface area (Å²) < 4.78 is 0. The van der Waals surface area contributed by atoms with Crippen LogP contribution >= 0.6 is 0 Å². The summed E-state index contributed by atoms with van der Waals surface area (Å²) in [5.41, 5.74) is 2.51. The van der Waals surface area contributed by atoms with Gasteiger partial charge in [0.2, 0.25) is 5.78 Å². The van der Waals surface area contributed by atoms with E-state index in [4.69, 9.17) is 0 Å². The molecule has 4 heteroatoms.